The van der Waals surface area contributed by atoms with E-state index < -0.39 is 55.1 Å². The van der Waals surface area contributed by atoms with Crippen molar-refractivity contribution < 1.29 is 38.1 Å². The lowest BCUT2D eigenvalue weighted by Gasteiger charge is -2.24. The summed E-state index contributed by atoms with van der Waals surface area (Å²) in [6.07, 6.45) is -4.22. The second-order valence-corrected chi connectivity index (χ2v) is 7.95. The van der Waals surface area contributed by atoms with Crippen LogP contribution in [-0.4, -0.2) is 75.1 Å². The van der Waals surface area contributed by atoms with Crippen molar-refractivity contribution >= 4 is 17.7 Å². The van der Waals surface area contributed by atoms with Crippen LogP contribution in [0.1, 0.15) is 39.8 Å². The van der Waals surface area contributed by atoms with Crippen LogP contribution < -0.4 is 16.3 Å². The van der Waals surface area contributed by atoms with Crippen LogP contribution in [0.25, 0.3) is 0 Å². The van der Waals surface area contributed by atoms with Gasteiger partial charge in [-0.25, -0.2) is 4.79 Å². The molecular formula is C19H28F2N4O7. The first-order chi connectivity index (χ1) is 14.9. The van der Waals surface area contributed by atoms with E-state index in [0.29, 0.717) is 11.1 Å². The Labute approximate surface area is 182 Å². The molecule has 2 rings (SSSR count). The number of rotatable bonds is 10. The topological polar surface area (TPSA) is 152 Å². The molecule has 1 aromatic rings. The Morgan fingerprint density at radius 1 is 1.41 bits per heavy atom. The maximum absolute atomic E-state index is 14.2. The van der Waals surface area contributed by atoms with Crippen molar-refractivity contribution in [2.45, 2.75) is 63.5 Å². The number of esters is 1. The number of anilines is 1. The second-order valence-electron chi connectivity index (χ2n) is 7.95. The summed E-state index contributed by atoms with van der Waals surface area (Å²) in [4.78, 5) is 39.3. The molecule has 4 N–H and O–H groups in total. The van der Waals surface area contributed by atoms with E-state index in [-0.39, 0.29) is 17.8 Å². The minimum absolute atomic E-state index is 0.0568. The molecular weight excluding hydrogens is 434 g/mol. The molecule has 1 aliphatic heterocycles. The van der Waals surface area contributed by atoms with Crippen molar-refractivity contribution in [1.82, 2.24) is 14.9 Å². The number of aliphatic hydroxyl groups is 2. The molecule has 180 valence electrons. The molecule has 0 bridgehead atoms. The molecule has 1 saturated heterocycles. The zero-order chi connectivity index (χ0) is 24.1. The highest BCUT2D eigenvalue weighted by atomic mass is 19.3. The molecule has 13 heteroatoms. The number of amides is 1. The Morgan fingerprint density at radius 2 is 2.09 bits per heavy atom. The van der Waals surface area contributed by atoms with E-state index in [2.05, 4.69) is 15.6 Å². The number of carbonyl (C=O) groups is 2. The summed E-state index contributed by atoms with van der Waals surface area (Å²) >= 11 is 0. The van der Waals surface area contributed by atoms with E-state index >= 15 is 0 Å². The molecule has 0 unspecified atom stereocenters. The third-order valence-electron chi connectivity index (χ3n) is 5.09. The minimum Gasteiger partial charge on any atom is -0.456 e. The molecule has 0 aromatic carbocycles. The summed E-state index contributed by atoms with van der Waals surface area (Å²) in [5.74, 6) is -5.47. The molecule has 1 fully saturated rings. The summed E-state index contributed by atoms with van der Waals surface area (Å²) in [7, 11) is 0. The molecule has 32 heavy (non-hydrogen) atoms. The van der Waals surface area contributed by atoms with Crippen LogP contribution in [0.15, 0.2) is 17.1 Å². The van der Waals surface area contributed by atoms with Crippen LogP contribution in [-0.2, 0) is 19.1 Å². The van der Waals surface area contributed by atoms with Gasteiger partial charge in [0.15, 0.2) is 12.7 Å². The molecule has 3 atom stereocenters. The first-order valence-electron chi connectivity index (χ1n) is 10.0. The van der Waals surface area contributed by atoms with Crippen molar-refractivity contribution in [2.24, 2.45) is 0 Å². The van der Waals surface area contributed by atoms with Crippen LogP contribution >= 0.6 is 0 Å². The van der Waals surface area contributed by atoms with Gasteiger partial charge in [-0.2, -0.15) is 13.8 Å². The molecule has 0 radical (unpaired) electrons. The predicted molar refractivity (Wildman–Crippen MR) is 107 cm³/mol. The molecule has 1 aliphatic rings. The van der Waals surface area contributed by atoms with Gasteiger partial charge in [-0.1, -0.05) is 6.92 Å². The SMILES string of the molecule is CCC(C)(C)NCCC(=O)OCC(=O)Nc1ccn([C@@H]2O[C@H](CO)[C@@H](O)C2(F)F)c(=O)n1. The lowest BCUT2D eigenvalue weighted by atomic mass is 10.0. The van der Waals surface area contributed by atoms with Crippen molar-refractivity contribution in [3.05, 3.63) is 22.7 Å². The van der Waals surface area contributed by atoms with Crippen molar-refractivity contribution in [3.63, 3.8) is 0 Å². The normalized spacial score (nSPS) is 22.5. The van der Waals surface area contributed by atoms with Crippen molar-refractivity contribution in [1.29, 1.82) is 0 Å². The van der Waals surface area contributed by atoms with Crippen LogP contribution in [0.2, 0.25) is 0 Å². The summed E-state index contributed by atoms with van der Waals surface area (Å²) in [5.41, 5.74) is -1.31. The van der Waals surface area contributed by atoms with Crippen molar-refractivity contribution in [2.75, 3.05) is 25.1 Å². The van der Waals surface area contributed by atoms with Crippen LogP contribution in [0.5, 0.6) is 0 Å². The van der Waals surface area contributed by atoms with Gasteiger partial charge >= 0.3 is 17.6 Å². The fourth-order valence-electron chi connectivity index (χ4n) is 2.80. The maximum Gasteiger partial charge on any atom is 0.351 e. The number of ether oxygens (including phenoxy) is 2. The third kappa shape index (κ3) is 6.28. The number of alkyl halides is 2. The zero-order valence-corrected chi connectivity index (χ0v) is 18.0. The average Bonchev–Trinajstić information content (AvgIpc) is 2.95. The number of aliphatic hydroxyl groups excluding tert-OH is 2. The standard InChI is InChI=1S/C19H28F2N4O7/c1-4-18(2,3)22-7-5-14(28)31-10-13(27)23-12-6-8-25(17(30)24-12)16-19(20,21)15(29)11(9-26)32-16/h6,8,11,15-16,22,26,29H,4-5,7,9-10H2,1-3H3,(H,23,24,27,30)/t11-,15-,16-/m1/s1. The number of nitrogens with zero attached hydrogens (tertiary/aromatic N) is 2. The lowest BCUT2D eigenvalue weighted by molar-refractivity contribution is -0.147. The van der Waals surface area contributed by atoms with E-state index in [1.807, 2.05) is 20.8 Å². The van der Waals surface area contributed by atoms with E-state index in [1.165, 1.54) is 0 Å². The summed E-state index contributed by atoms with van der Waals surface area (Å²) < 4.78 is 38.5. The Hall–Kier alpha value is -2.48. The predicted octanol–water partition coefficient (Wildman–Crippen LogP) is -0.221. The quantitative estimate of drug-likeness (QED) is 0.346. The third-order valence-corrected chi connectivity index (χ3v) is 5.09. The smallest absolute Gasteiger partial charge is 0.351 e. The largest absolute Gasteiger partial charge is 0.456 e. The van der Waals surface area contributed by atoms with Crippen LogP contribution in [0.3, 0.4) is 0 Å². The lowest BCUT2D eigenvalue weighted by Crippen LogP contribution is -2.41. The average molecular weight is 462 g/mol. The number of hydrogen-bond donors (Lipinski definition) is 4. The number of aromatic nitrogens is 2. The van der Waals surface area contributed by atoms with E-state index in [9.17, 15) is 28.3 Å². The number of carbonyl (C=O) groups excluding carboxylic acids is 2. The van der Waals surface area contributed by atoms with Crippen molar-refractivity contribution in [3.8, 4) is 0 Å². The fraction of sp³-hybridized carbons (Fsp3) is 0.684. The summed E-state index contributed by atoms with van der Waals surface area (Å²) in [6, 6.07) is 1.07. The van der Waals surface area contributed by atoms with Crippen LogP contribution in [0.4, 0.5) is 14.6 Å². The Balaban J connectivity index is 1.89. The number of hydrogen-bond acceptors (Lipinski definition) is 9. The Bertz CT molecular complexity index is 877. The molecule has 2 heterocycles. The van der Waals surface area contributed by atoms with E-state index in [1.54, 1.807) is 0 Å². The van der Waals surface area contributed by atoms with Gasteiger partial charge in [0, 0.05) is 18.3 Å². The van der Waals surface area contributed by atoms with Gasteiger partial charge in [0.1, 0.15) is 11.9 Å². The minimum atomic E-state index is -3.85. The highest BCUT2D eigenvalue weighted by Gasteiger charge is 2.59. The van der Waals surface area contributed by atoms with Gasteiger partial charge in [-0.3, -0.25) is 14.2 Å². The number of nitrogens with one attached hydrogen (secondary N) is 2. The Kier molecular flexibility index (Phi) is 8.40. The van der Waals surface area contributed by atoms with Gasteiger partial charge in [0.05, 0.1) is 13.0 Å². The van der Waals surface area contributed by atoms with Crippen LogP contribution in [0, 0.1) is 0 Å². The monoisotopic (exact) mass is 462 g/mol. The molecule has 0 saturated carbocycles. The second kappa shape index (κ2) is 10.4. The van der Waals surface area contributed by atoms with Gasteiger partial charge in [-0.05, 0) is 26.3 Å². The molecule has 1 amide bonds. The Morgan fingerprint density at radius 3 is 2.66 bits per heavy atom. The van der Waals surface area contributed by atoms with Gasteiger partial charge in [-0.15, -0.1) is 0 Å². The molecule has 11 nitrogen and oxygen atoms in total. The fourth-order valence-corrected chi connectivity index (χ4v) is 2.80. The highest BCUT2D eigenvalue weighted by Crippen LogP contribution is 2.41. The maximum atomic E-state index is 14.2. The molecule has 0 spiro atoms. The molecule has 1 aromatic heterocycles. The molecule has 0 aliphatic carbocycles. The van der Waals surface area contributed by atoms with E-state index in [4.69, 9.17) is 14.6 Å². The van der Waals surface area contributed by atoms with E-state index in [0.717, 1.165) is 18.7 Å². The first-order valence-corrected chi connectivity index (χ1v) is 10.0. The zero-order valence-electron chi connectivity index (χ0n) is 18.0. The number of halogens is 2. The highest BCUT2D eigenvalue weighted by molar-refractivity contribution is 5.91. The van der Waals surface area contributed by atoms with Gasteiger partial charge < -0.3 is 30.3 Å². The van der Waals surface area contributed by atoms with Gasteiger partial charge in [0.2, 0.25) is 6.23 Å². The van der Waals surface area contributed by atoms with Gasteiger partial charge in [0.25, 0.3) is 5.91 Å². The summed E-state index contributed by atoms with van der Waals surface area (Å²) in [5, 5.41) is 24.0. The first kappa shape index (κ1) is 25.8. The summed E-state index contributed by atoms with van der Waals surface area (Å²) in [6.45, 7) is 4.87.